The molecular formula is C15H17NO2. The highest BCUT2D eigenvalue weighted by Gasteiger charge is 2.14. The number of aliphatic carboxylic acids is 1. The summed E-state index contributed by atoms with van der Waals surface area (Å²) in [5, 5.41) is 11.8. The maximum absolute atomic E-state index is 10.7. The Bertz CT molecular complexity index is 617. The van der Waals surface area contributed by atoms with Crippen molar-refractivity contribution in [3.8, 4) is 0 Å². The molecule has 2 rings (SSSR count). The Morgan fingerprint density at radius 2 is 2.00 bits per heavy atom. The fourth-order valence-corrected chi connectivity index (χ4v) is 2.29. The number of benzene rings is 1. The van der Waals surface area contributed by atoms with Crippen LogP contribution in [0.2, 0.25) is 0 Å². The standard InChI is InChI=1S/C15H17NO2/c1-9-4-6-14-13(8-9)12(5-7-15(17)18)10(2)11(3)16-14/h4,6,8H,5,7H2,1-3H3,(H,17,18). The number of pyridine rings is 1. The van der Waals surface area contributed by atoms with Crippen LogP contribution in [0.4, 0.5) is 0 Å². The number of carboxylic acids is 1. The van der Waals surface area contributed by atoms with E-state index in [0.29, 0.717) is 6.42 Å². The van der Waals surface area contributed by atoms with Gasteiger partial charge in [0.05, 0.1) is 5.39 Å². The number of aryl methyl sites for hydroxylation is 3. The largest absolute Gasteiger partial charge is 0.550 e. The fourth-order valence-electron chi connectivity index (χ4n) is 2.29. The molecule has 0 fully saturated rings. The zero-order valence-corrected chi connectivity index (χ0v) is 11.0. The van der Waals surface area contributed by atoms with Gasteiger partial charge in [-0.2, -0.15) is 0 Å². The highest BCUT2D eigenvalue weighted by molar-refractivity contribution is 5.82. The zero-order chi connectivity index (χ0) is 13.3. The Morgan fingerprint density at radius 1 is 1.28 bits per heavy atom. The predicted octanol–water partition coefficient (Wildman–Crippen LogP) is 1.26. The minimum atomic E-state index is -0.999. The van der Waals surface area contributed by atoms with Gasteiger partial charge < -0.3 is 9.90 Å². The number of fused-ring (bicyclic) bond motifs is 1. The van der Waals surface area contributed by atoms with Gasteiger partial charge in [0.1, 0.15) is 0 Å². The average molecular weight is 243 g/mol. The molecule has 18 heavy (non-hydrogen) atoms. The van der Waals surface area contributed by atoms with Crippen molar-refractivity contribution in [2.24, 2.45) is 0 Å². The molecule has 0 bridgehead atoms. The maximum atomic E-state index is 10.7. The van der Waals surface area contributed by atoms with Gasteiger partial charge in [-0.3, -0.25) is 0 Å². The van der Waals surface area contributed by atoms with E-state index < -0.39 is 5.97 Å². The Morgan fingerprint density at radius 3 is 2.67 bits per heavy atom. The van der Waals surface area contributed by atoms with Crippen molar-refractivity contribution in [1.29, 1.82) is 0 Å². The molecule has 3 heteroatoms. The van der Waals surface area contributed by atoms with Gasteiger partial charge in [-0.1, -0.05) is 11.6 Å². The lowest BCUT2D eigenvalue weighted by Crippen LogP contribution is -2.23. The van der Waals surface area contributed by atoms with Gasteiger partial charge in [-0.25, -0.2) is 4.98 Å². The summed E-state index contributed by atoms with van der Waals surface area (Å²) < 4.78 is 0. The van der Waals surface area contributed by atoms with E-state index >= 15 is 0 Å². The molecule has 0 saturated heterocycles. The van der Waals surface area contributed by atoms with Crippen LogP contribution >= 0.6 is 0 Å². The van der Waals surface area contributed by atoms with Crippen LogP contribution < -0.4 is 10.1 Å². The molecule has 0 radical (unpaired) electrons. The topological polar surface area (TPSA) is 54.3 Å². The van der Waals surface area contributed by atoms with Crippen LogP contribution in [0.3, 0.4) is 0 Å². The summed E-state index contributed by atoms with van der Waals surface area (Å²) in [7, 11) is 0. The lowest BCUT2D eigenvalue weighted by atomic mass is 9.97. The molecule has 0 amide bonds. The van der Waals surface area contributed by atoms with Crippen LogP contribution in [0.1, 0.15) is 28.8 Å². The smallest absolute Gasteiger partial charge is 0.211 e. The van der Waals surface area contributed by atoms with E-state index in [0.717, 1.165) is 27.7 Å². The van der Waals surface area contributed by atoms with Crippen molar-refractivity contribution in [1.82, 2.24) is 0 Å². The molecule has 1 heterocycles. The van der Waals surface area contributed by atoms with Crippen LogP contribution in [0.15, 0.2) is 18.2 Å². The lowest BCUT2D eigenvalue weighted by Gasteiger charge is -2.09. The summed E-state index contributed by atoms with van der Waals surface area (Å²) in [6.45, 7) is 6.08. The van der Waals surface area contributed by atoms with E-state index in [1.165, 1.54) is 5.56 Å². The van der Waals surface area contributed by atoms with E-state index in [2.05, 4.69) is 17.1 Å². The number of carbonyl (C=O) groups is 1. The third-order valence-electron chi connectivity index (χ3n) is 3.42. The molecule has 1 aromatic carbocycles. The number of carbonyl (C=O) groups excluding carboxylic acids is 1. The minimum absolute atomic E-state index is 0.0628. The first-order valence-corrected chi connectivity index (χ1v) is 6.10. The third kappa shape index (κ3) is 2.35. The van der Waals surface area contributed by atoms with Crippen LogP contribution in [0.5, 0.6) is 0 Å². The minimum Gasteiger partial charge on any atom is -0.550 e. The van der Waals surface area contributed by atoms with Crippen molar-refractivity contribution in [3.05, 3.63) is 40.6 Å². The second-order valence-corrected chi connectivity index (χ2v) is 4.77. The quantitative estimate of drug-likeness (QED) is 0.815. The Balaban J connectivity index is 2.62. The number of rotatable bonds is 3. The first-order chi connectivity index (χ1) is 8.49. The van der Waals surface area contributed by atoms with Crippen LogP contribution in [-0.2, 0) is 11.2 Å². The number of H-pyrrole nitrogens is 1. The second kappa shape index (κ2) is 4.77. The molecule has 0 unspecified atom stereocenters. The van der Waals surface area contributed by atoms with E-state index in [4.69, 9.17) is 0 Å². The van der Waals surface area contributed by atoms with Gasteiger partial charge in [-0.15, -0.1) is 0 Å². The lowest BCUT2D eigenvalue weighted by molar-refractivity contribution is -0.355. The zero-order valence-electron chi connectivity index (χ0n) is 11.0. The molecule has 94 valence electrons. The molecule has 0 atom stereocenters. The van der Waals surface area contributed by atoms with E-state index in [1.807, 2.05) is 26.8 Å². The summed E-state index contributed by atoms with van der Waals surface area (Å²) in [6.07, 6.45) is 0.580. The molecular weight excluding hydrogens is 226 g/mol. The number of hydrogen-bond acceptors (Lipinski definition) is 2. The highest BCUT2D eigenvalue weighted by atomic mass is 16.4. The molecule has 0 spiro atoms. The number of hydrogen-bond donors (Lipinski definition) is 0. The van der Waals surface area contributed by atoms with Crippen molar-refractivity contribution >= 4 is 16.9 Å². The predicted molar refractivity (Wildman–Crippen MR) is 68.0 cm³/mol. The molecule has 1 N–H and O–H groups in total. The SMILES string of the molecule is Cc1ccc2[nH+]c(C)c(C)c(CCC(=O)[O-])c2c1. The van der Waals surface area contributed by atoms with E-state index in [-0.39, 0.29) is 6.42 Å². The fraction of sp³-hybridized carbons (Fsp3) is 0.333. The number of nitrogens with one attached hydrogen (secondary N) is 1. The normalized spacial score (nSPS) is 10.8. The molecule has 3 nitrogen and oxygen atoms in total. The summed E-state index contributed by atoms with van der Waals surface area (Å²) in [6, 6.07) is 6.19. The molecule has 0 aliphatic rings. The Labute approximate surface area is 106 Å². The van der Waals surface area contributed by atoms with Gasteiger partial charge in [-0.05, 0) is 38.3 Å². The second-order valence-electron chi connectivity index (χ2n) is 4.77. The first kappa shape index (κ1) is 12.6. The summed E-state index contributed by atoms with van der Waals surface area (Å²) >= 11 is 0. The molecule has 2 aromatic rings. The van der Waals surface area contributed by atoms with Gasteiger partial charge >= 0.3 is 0 Å². The summed E-state index contributed by atoms with van der Waals surface area (Å²) in [5.74, 6) is -0.999. The van der Waals surface area contributed by atoms with Gasteiger partial charge in [0, 0.05) is 24.5 Å². The van der Waals surface area contributed by atoms with Crippen molar-refractivity contribution < 1.29 is 14.9 Å². The van der Waals surface area contributed by atoms with Crippen LogP contribution in [0.25, 0.3) is 10.9 Å². The van der Waals surface area contributed by atoms with Crippen molar-refractivity contribution in [2.45, 2.75) is 33.6 Å². The Kier molecular flexibility index (Phi) is 3.32. The monoisotopic (exact) mass is 243 g/mol. The van der Waals surface area contributed by atoms with E-state index in [1.54, 1.807) is 0 Å². The van der Waals surface area contributed by atoms with Gasteiger partial charge in [0.2, 0.25) is 5.52 Å². The average Bonchev–Trinajstić information content (AvgIpc) is 2.30. The maximum Gasteiger partial charge on any atom is 0.211 e. The molecule has 0 aliphatic carbocycles. The van der Waals surface area contributed by atoms with Gasteiger partial charge in [0.15, 0.2) is 5.69 Å². The first-order valence-electron chi connectivity index (χ1n) is 6.10. The van der Waals surface area contributed by atoms with E-state index in [9.17, 15) is 9.90 Å². The van der Waals surface area contributed by atoms with Gasteiger partial charge in [0.25, 0.3) is 0 Å². The van der Waals surface area contributed by atoms with Crippen LogP contribution in [-0.4, -0.2) is 5.97 Å². The van der Waals surface area contributed by atoms with Crippen LogP contribution in [0, 0.1) is 20.8 Å². The Hall–Kier alpha value is -1.90. The molecule has 1 aromatic heterocycles. The number of carboxylic acid groups (broad SMARTS) is 1. The van der Waals surface area contributed by atoms with Crippen molar-refractivity contribution in [2.75, 3.05) is 0 Å². The molecule has 0 aliphatic heterocycles. The number of aromatic amines is 1. The van der Waals surface area contributed by atoms with Crippen molar-refractivity contribution in [3.63, 3.8) is 0 Å². The summed E-state index contributed by atoms with van der Waals surface area (Å²) in [5.41, 5.74) is 5.55. The highest BCUT2D eigenvalue weighted by Crippen LogP contribution is 2.22. The number of aromatic nitrogens is 1. The third-order valence-corrected chi connectivity index (χ3v) is 3.42. The molecule has 0 saturated carbocycles. The summed E-state index contributed by atoms with van der Waals surface area (Å²) in [4.78, 5) is 14.0.